The van der Waals surface area contributed by atoms with E-state index in [0.717, 1.165) is 78.9 Å². The lowest BCUT2D eigenvalue weighted by Gasteiger charge is -2.30. The lowest BCUT2D eigenvalue weighted by Crippen LogP contribution is -2.47. The van der Waals surface area contributed by atoms with Crippen LogP contribution in [0.5, 0.6) is 5.75 Å². The molecule has 62 heavy (non-hydrogen) atoms. The number of rotatable bonds is 15. The zero-order chi connectivity index (χ0) is 43.4. The summed E-state index contributed by atoms with van der Waals surface area (Å²) < 4.78 is 59.9. The Kier molecular flexibility index (Phi) is 13.2. The molecule has 2 saturated carbocycles. The molecule has 3 aromatic carbocycles. The van der Waals surface area contributed by atoms with E-state index in [1.807, 2.05) is 16.7 Å². The van der Waals surface area contributed by atoms with Gasteiger partial charge in [-0.25, -0.2) is 4.98 Å². The predicted octanol–water partition coefficient (Wildman–Crippen LogP) is 7.42. The molecule has 3 heterocycles. The fraction of sp³-hybridized carbons (Fsp3) is 0.478. The van der Waals surface area contributed by atoms with Crippen LogP contribution < -0.4 is 10.1 Å². The molecule has 4 aliphatic rings. The molecule has 1 atom stereocenters. The first-order chi connectivity index (χ1) is 29.9. The summed E-state index contributed by atoms with van der Waals surface area (Å²) in [5.41, 5.74) is 2.10. The third-order valence-electron chi connectivity index (χ3n) is 12.3. The number of carbonyl (C=O) groups excluding carboxylic acids is 5. The van der Waals surface area contributed by atoms with Gasteiger partial charge in [-0.1, -0.05) is 18.6 Å². The number of likely N-dealkylation sites (tertiary alicyclic amines) is 1. The molecule has 328 valence electrons. The monoisotopic (exact) mass is 857 g/mol. The van der Waals surface area contributed by atoms with Gasteiger partial charge < -0.3 is 18.8 Å². The van der Waals surface area contributed by atoms with Crippen LogP contribution in [0.3, 0.4) is 0 Å². The number of nitrogens with one attached hydrogen (secondary N) is 1. The number of alkyl halides is 3. The standard InChI is InChI=1S/C46H50F3N5O8/c47-46(48,49)32-6-4-5-31(24-32)42(57)51-45-50-38-23-30(27-52-17-2-1-3-18-52)9-15-39(38)53(45)33-10-7-29(8-11-33)28-61-20-19-60-21-22-62-35-13-14-36-37(26-35)44(59)54(43(36)58)40-16-12-34(55)25-41(40)56/h4-6,9,13-15,23-24,26,29,33,40H,1-3,7-8,10-12,16-22,25,27-28H2,(H,50,51,57)/t29-,33+,40?. The highest BCUT2D eigenvalue weighted by Crippen LogP contribution is 2.38. The number of ketones is 2. The van der Waals surface area contributed by atoms with Crippen LogP contribution >= 0.6 is 0 Å². The number of imide groups is 1. The lowest BCUT2D eigenvalue weighted by atomic mass is 9.86. The van der Waals surface area contributed by atoms with Crippen molar-refractivity contribution >= 4 is 46.3 Å². The van der Waals surface area contributed by atoms with E-state index in [9.17, 15) is 37.1 Å². The Morgan fingerprint density at radius 1 is 0.806 bits per heavy atom. The van der Waals surface area contributed by atoms with Crippen molar-refractivity contribution in [3.63, 3.8) is 0 Å². The van der Waals surface area contributed by atoms with Gasteiger partial charge in [0.25, 0.3) is 17.7 Å². The van der Waals surface area contributed by atoms with Gasteiger partial charge in [0, 0.05) is 31.2 Å². The SMILES string of the molecule is O=C1CCC(N2C(=O)c3ccc(OCCOCCOC[C@H]4CC[C@@H](n5c(NC(=O)c6cccc(C(F)(F)F)c6)nc6cc(CN7CCCCC7)ccc65)CC4)cc3C2=O)C(=O)C1. The molecule has 0 spiro atoms. The van der Waals surface area contributed by atoms with E-state index in [2.05, 4.69) is 16.3 Å². The van der Waals surface area contributed by atoms with Gasteiger partial charge >= 0.3 is 6.18 Å². The molecule has 1 aromatic heterocycles. The molecule has 3 fully saturated rings. The molecular formula is C46H50F3N5O8. The number of nitrogens with zero attached hydrogens (tertiary/aromatic N) is 4. The van der Waals surface area contributed by atoms with Crippen molar-refractivity contribution in [3.05, 3.63) is 88.5 Å². The molecule has 1 N–H and O–H groups in total. The Morgan fingerprint density at radius 3 is 2.34 bits per heavy atom. The summed E-state index contributed by atoms with van der Waals surface area (Å²) in [6.07, 6.45) is 2.38. The second-order valence-electron chi connectivity index (χ2n) is 16.6. The Labute approximate surface area is 356 Å². The zero-order valence-corrected chi connectivity index (χ0v) is 34.4. The minimum atomic E-state index is -4.58. The van der Waals surface area contributed by atoms with E-state index in [1.54, 1.807) is 6.07 Å². The van der Waals surface area contributed by atoms with Crippen LogP contribution in [0.4, 0.5) is 19.1 Å². The number of Topliss-reactive ketones (excluding diaryl/α,β-unsaturated/α-hetero) is 2. The average molecular weight is 858 g/mol. The third-order valence-corrected chi connectivity index (χ3v) is 12.3. The van der Waals surface area contributed by atoms with Gasteiger partial charge in [0.1, 0.15) is 18.1 Å². The van der Waals surface area contributed by atoms with Crippen LogP contribution in [0.25, 0.3) is 11.0 Å². The number of ether oxygens (including phenoxy) is 3. The summed E-state index contributed by atoms with van der Waals surface area (Å²) >= 11 is 0. The first-order valence-electron chi connectivity index (χ1n) is 21.5. The van der Waals surface area contributed by atoms with Gasteiger partial charge in [-0.2, -0.15) is 13.2 Å². The smallest absolute Gasteiger partial charge is 0.416 e. The number of imidazole rings is 1. The average Bonchev–Trinajstić information content (AvgIpc) is 3.74. The highest BCUT2D eigenvalue weighted by atomic mass is 19.4. The number of carbonyl (C=O) groups is 5. The number of benzene rings is 3. The van der Waals surface area contributed by atoms with Gasteiger partial charge in [-0.3, -0.25) is 39.1 Å². The van der Waals surface area contributed by atoms with E-state index in [-0.39, 0.29) is 61.0 Å². The Morgan fingerprint density at radius 2 is 1.56 bits per heavy atom. The minimum absolute atomic E-state index is 0.0144. The molecule has 0 bridgehead atoms. The van der Waals surface area contributed by atoms with E-state index in [4.69, 9.17) is 19.2 Å². The molecule has 2 aliphatic carbocycles. The number of anilines is 1. The van der Waals surface area contributed by atoms with Gasteiger partial charge in [0.05, 0.1) is 60.0 Å². The zero-order valence-electron chi connectivity index (χ0n) is 34.4. The quantitative estimate of drug-likeness (QED) is 0.0727. The van der Waals surface area contributed by atoms with Crippen molar-refractivity contribution in [2.24, 2.45) is 5.92 Å². The van der Waals surface area contributed by atoms with Crippen molar-refractivity contribution in [2.45, 2.75) is 89.0 Å². The second kappa shape index (κ2) is 18.9. The number of hydrogen-bond donors (Lipinski definition) is 1. The van der Waals surface area contributed by atoms with Gasteiger partial charge in [0.2, 0.25) is 5.95 Å². The first kappa shape index (κ1) is 43.2. The minimum Gasteiger partial charge on any atom is -0.491 e. The largest absolute Gasteiger partial charge is 0.491 e. The number of piperidine rings is 1. The Balaban J connectivity index is 0.805. The molecule has 4 aromatic rings. The van der Waals surface area contributed by atoms with Crippen LogP contribution in [-0.4, -0.2) is 101 Å². The van der Waals surface area contributed by atoms with Crippen molar-refractivity contribution in [1.82, 2.24) is 19.4 Å². The lowest BCUT2D eigenvalue weighted by molar-refractivity contribution is -0.137. The molecular weight excluding hydrogens is 808 g/mol. The predicted molar refractivity (Wildman–Crippen MR) is 221 cm³/mol. The maximum Gasteiger partial charge on any atom is 0.416 e. The third kappa shape index (κ3) is 9.77. The van der Waals surface area contributed by atoms with Crippen LogP contribution in [0.2, 0.25) is 0 Å². The number of amides is 3. The van der Waals surface area contributed by atoms with E-state index >= 15 is 0 Å². The van der Waals surface area contributed by atoms with E-state index < -0.39 is 41.3 Å². The molecule has 16 heteroatoms. The number of aromatic nitrogens is 2. The van der Waals surface area contributed by atoms with Crippen LogP contribution in [0, 0.1) is 5.92 Å². The van der Waals surface area contributed by atoms with Crippen LogP contribution in [0.15, 0.2) is 60.7 Å². The number of fused-ring (bicyclic) bond motifs is 2. The Hall–Kier alpha value is -5.45. The van der Waals surface area contributed by atoms with Gasteiger partial charge in [0.15, 0.2) is 5.78 Å². The van der Waals surface area contributed by atoms with Gasteiger partial charge in [-0.15, -0.1) is 0 Å². The second-order valence-corrected chi connectivity index (χ2v) is 16.6. The van der Waals surface area contributed by atoms with Crippen molar-refractivity contribution in [1.29, 1.82) is 0 Å². The molecule has 1 unspecified atom stereocenters. The van der Waals surface area contributed by atoms with Crippen LogP contribution in [-0.2, 0) is 31.8 Å². The normalized spacial score (nSPS) is 21.1. The molecule has 3 amide bonds. The van der Waals surface area contributed by atoms with Crippen molar-refractivity contribution in [2.75, 3.05) is 51.4 Å². The summed E-state index contributed by atoms with van der Waals surface area (Å²) in [5.74, 6) is -1.35. The Bertz CT molecular complexity index is 2330. The van der Waals surface area contributed by atoms with Gasteiger partial charge in [-0.05, 0) is 118 Å². The van der Waals surface area contributed by atoms with Crippen molar-refractivity contribution in [3.8, 4) is 5.75 Å². The summed E-state index contributed by atoms with van der Waals surface area (Å²) in [6, 6.07) is 14.3. The molecule has 2 aliphatic heterocycles. The number of halogens is 3. The van der Waals surface area contributed by atoms with E-state index in [1.165, 1.54) is 43.5 Å². The summed E-state index contributed by atoms with van der Waals surface area (Å²) in [5, 5.41) is 2.85. The van der Waals surface area contributed by atoms with Crippen LogP contribution in [0.1, 0.15) is 112 Å². The van der Waals surface area contributed by atoms with Crippen molar-refractivity contribution < 1.29 is 51.4 Å². The fourth-order valence-corrected chi connectivity index (χ4v) is 9.09. The maximum absolute atomic E-state index is 13.5. The summed E-state index contributed by atoms with van der Waals surface area (Å²) in [4.78, 5) is 71.8. The fourth-order valence-electron chi connectivity index (χ4n) is 9.09. The topological polar surface area (TPSA) is 149 Å². The summed E-state index contributed by atoms with van der Waals surface area (Å²) in [7, 11) is 0. The number of hydrogen-bond acceptors (Lipinski definition) is 10. The molecule has 13 nitrogen and oxygen atoms in total. The molecule has 0 radical (unpaired) electrons. The van der Waals surface area contributed by atoms with E-state index in [0.29, 0.717) is 37.4 Å². The first-order valence-corrected chi connectivity index (χ1v) is 21.5. The highest BCUT2D eigenvalue weighted by molar-refractivity contribution is 6.23. The highest BCUT2D eigenvalue weighted by Gasteiger charge is 2.44. The summed E-state index contributed by atoms with van der Waals surface area (Å²) in [6.45, 7) is 4.64. The maximum atomic E-state index is 13.5. The molecule has 1 saturated heterocycles. The molecule has 8 rings (SSSR count).